The summed E-state index contributed by atoms with van der Waals surface area (Å²) < 4.78 is 5.97. The molecule has 1 unspecified atom stereocenters. The number of benzene rings is 2. The molecule has 0 fully saturated rings. The molecule has 0 spiro atoms. The maximum atomic E-state index is 5.97. The van der Waals surface area contributed by atoms with E-state index >= 15 is 0 Å². The average Bonchev–Trinajstić information content (AvgIpc) is 2.95. The van der Waals surface area contributed by atoms with Crippen molar-refractivity contribution in [2.24, 2.45) is 0 Å². The van der Waals surface area contributed by atoms with Gasteiger partial charge in [-0.25, -0.2) is 0 Å². The molecule has 0 amide bonds. The highest BCUT2D eigenvalue weighted by atomic mass is 32.2. The van der Waals surface area contributed by atoms with Gasteiger partial charge in [0.2, 0.25) is 0 Å². The SMILES string of the molecule is c1ccc2c(c1)CC(COc1ccc3cccnc3c1)S2. The molecule has 0 aliphatic carbocycles. The number of rotatable bonds is 3. The molecule has 1 aliphatic rings. The van der Waals surface area contributed by atoms with Crippen LogP contribution in [0, 0.1) is 0 Å². The maximum absolute atomic E-state index is 5.97. The fourth-order valence-electron chi connectivity index (χ4n) is 2.67. The van der Waals surface area contributed by atoms with Crippen molar-refractivity contribution in [1.29, 1.82) is 0 Å². The number of aromatic nitrogens is 1. The van der Waals surface area contributed by atoms with Gasteiger partial charge in [0.15, 0.2) is 0 Å². The lowest BCUT2D eigenvalue weighted by Crippen LogP contribution is -2.13. The van der Waals surface area contributed by atoms with E-state index in [-0.39, 0.29) is 0 Å². The van der Waals surface area contributed by atoms with Gasteiger partial charge in [0, 0.05) is 27.8 Å². The predicted molar refractivity (Wildman–Crippen MR) is 87.0 cm³/mol. The van der Waals surface area contributed by atoms with Crippen molar-refractivity contribution in [2.75, 3.05) is 6.61 Å². The molecular formula is C18H15NOS. The van der Waals surface area contributed by atoms with Gasteiger partial charge in [0.1, 0.15) is 12.4 Å². The van der Waals surface area contributed by atoms with Crippen LogP contribution in [0.25, 0.3) is 10.9 Å². The van der Waals surface area contributed by atoms with E-state index in [1.807, 2.05) is 36.2 Å². The topological polar surface area (TPSA) is 22.1 Å². The van der Waals surface area contributed by atoms with Crippen molar-refractivity contribution in [3.8, 4) is 5.75 Å². The minimum Gasteiger partial charge on any atom is -0.492 e. The van der Waals surface area contributed by atoms with Crippen molar-refractivity contribution in [2.45, 2.75) is 16.6 Å². The molecule has 2 nitrogen and oxygen atoms in total. The van der Waals surface area contributed by atoms with Crippen LogP contribution in [0.2, 0.25) is 0 Å². The molecule has 1 atom stereocenters. The van der Waals surface area contributed by atoms with Crippen LogP contribution in [0.1, 0.15) is 5.56 Å². The summed E-state index contributed by atoms with van der Waals surface area (Å²) in [6.07, 6.45) is 2.91. The van der Waals surface area contributed by atoms with Gasteiger partial charge >= 0.3 is 0 Å². The first kappa shape index (κ1) is 12.7. The van der Waals surface area contributed by atoms with Crippen LogP contribution < -0.4 is 4.74 Å². The number of hydrogen-bond acceptors (Lipinski definition) is 3. The van der Waals surface area contributed by atoms with Gasteiger partial charge in [-0.15, -0.1) is 11.8 Å². The van der Waals surface area contributed by atoms with Crippen molar-refractivity contribution < 1.29 is 4.74 Å². The number of hydrogen-bond donors (Lipinski definition) is 0. The normalized spacial score (nSPS) is 16.9. The maximum Gasteiger partial charge on any atom is 0.121 e. The minimum atomic E-state index is 0.502. The highest BCUT2D eigenvalue weighted by Crippen LogP contribution is 2.37. The third kappa shape index (κ3) is 2.61. The molecule has 0 bridgehead atoms. The molecule has 2 heterocycles. The van der Waals surface area contributed by atoms with Crippen LogP contribution in [0.3, 0.4) is 0 Å². The molecular weight excluding hydrogens is 278 g/mol. The molecule has 3 heteroatoms. The second-order valence-electron chi connectivity index (χ2n) is 5.22. The third-order valence-corrected chi connectivity index (χ3v) is 5.02. The zero-order valence-corrected chi connectivity index (χ0v) is 12.3. The first-order valence-corrected chi connectivity index (χ1v) is 7.98. The van der Waals surface area contributed by atoms with Crippen molar-refractivity contribution in [3.05, 3.63) is 66.4 Å². The molecule has 21 heavy (non-hydrogen) atoms. The Morgan fingerprint density at radius 2 is 2.05 bits per heavy atom. The van der Waals surface area contributed by atoms with Crippen LogP contribution in [-0.4, -0.2) is 16.8 Å². The smallest absolute Gasteiger partial charge is 0.121 e. The van der Waals surface area contributed by atoms with E-state index in [1.165, 1.54) is 10.5 Å². The first-order chi connectivity index (χ1) is 10.4. The Bertz CT molecular complexity index is 762. The zero-order chi connectivity index (χ0) is 14.1. The second-order valence-corrected chi connectivity index (χ2v) is 6.56. The molecule has 0 radical (unpaired) electrons. The number of thioether (sulfide) groups is 1. The molecule has 1 aliphatic heterocycles. The molecule has 1 aromatic heterocycles. The van der Waals surface area contributed by atoms with E-state index in [0.29, 0.717) is 5.25 Å². The van der Waals surface area contributed by atoms with Crippen molar-refractivity contribution in [3.63, 3.8) is 0 Å². The lowest BCUT2D eigenvalue weighted by atomic mass is 10.1. The van der Waals surface area contributed by atoms with Gasteiger partial charge in [-0.2, -0.15) is 0 Å². The molecule has 0 saturated carbocycles. The van der Waals surface area contributed by atoms with Crippen LogP contribution in [0.15, 0.2) is 65.7 Å². The minimum absolute atomic E-state index is 0.502. The molecule has 4 rings (SSSR count). The summed E-state index contributed by atoms with van der Waals surface area (Å²) in [6.45, 7) is 0.734. The summed E-state index contributed by atoms with van der Waals surface area (Å²) in [4.78, 5) is 5.76. The monoisotopic (exact) mass is 293 g/mol. The predicted octanol–water partition coefficient (Wildman–Crippen LogP) is 4.33. The van der Waals surface area contributed by atoms with E-state index in [9.17, 15) is 0 Å². The van der Waals surface area contributed by atoms with E-state index in [0.717, 1.165) is 29.7 Å². The van der Waals surface area contributed by atoms with Gasteiger partial charge in [-0.3, -0.25) is 4.98 Å². The Hall–Kier alpha value is -2.00. The molecule has 0 saturated heterocycles. The average molecular weight is 293 g/mol. The number of fused-ring (bicyclic) bond motifs is 2. The van der Waals surface area contributed by atoms with Crippen molar-refractivity contribution >= 4 is 22.7 Å². The van der Waals surface area contributed by atoms with Crippen molar-refractivity contribution in [1.82, 2.24) is 4.98 Å². The molecule has 2 aromatic carbocycles. The van der Waals surface area contributed by atoms with Gasteiger partial charge < -0.3 is 4.74 Å². The summed E-state index contributed by atoms with van der Waals surface area (Å²) in [6, 6.07) is 18.7. The fourth-order valence-corrected chi connectivity index (χ4v) is 3.89. The van der Waals surface area contributed by atoms with Gasteiger partial charge in [0.05, 0.1) is 5.52 Å². The Morgan fingerprint density at radius 3 is 3.00 bits per heavy atom. The summed E-state index contributed by atoms with van der Waals surface area (Å²) in [5.41, 5.74) is 2.42. The number of ether oxygens (including phenoxy) is 1. The van der Waals surface area contributed by atoms with E-state index in [4.69, 9.17) is 4.74 Å². The quantitative estimate of drug-likeness (QED) is 0.717. The Kier molecular flexibility index (Phi) is 3.28. The lowest BCUT2D eigenvalue weighted by molar-refractivity contribution is 0.318. The second kappa shape index (κ2) is 5.41. The molecule has 3 aromatic rings. The van der Waals surface area contributed by atoms with Gasteiger partial charge in [-0.05, 0) is 36.2 Å². The van der Waals surface area contributed by atoms with Crippen LogP contribution in [-0.2, 0) is 6.42 Å². The van der Waals surface area contributed by atoms with Gasteiger partial charge in [0.25, 0.3) is 0 Å². The first-order valence-electron chi connectivity index (χ1n) is 7.11. The van der Waals surface area contributed by atoms with Gasteiger partial charge in [-0.1, -0.05) is 24.3 Å². The Labute approximate surface area is 128 Å². The highest BCUT2D eigenvalue weighted by Gasteiger charge is 2.22. The standard InChI is InChI=1S/C18H15NOS/c1-2-6-18-14(4-1)10-16(21-18)12-20-15-8-7-13-5-3-9-19-17(13)11-15/h1-9,11,16H,10,12H2. The fraction of sp³-hybridized carbons (Fsp3) is 0.167. The summed E-state index contributed by atoms with van der Waals surface area (Å²) in [7, 11) is 0. The van der Waals surface area contributed by atoms with E-state index < -0.39 is 0 Å². The highest BCUT2D eigenvalue weighted by molar-refractivity contribution is 8.00. The van der Waals surface area contributed by atoms with Crippen LogP contribution in [0.5, 0.6) is 5.75 Å². The van der Waals surface area contributed by atoms with Crippen LogP contribution in [0.4, 0.5) is 0 Å². The zero-order valence-electron chi connectivity index (χ0n) is 11.5. The summed E-state index contributed by atoms with van der Waals surface area (Å²) >= 11 is 1.92. The number of pyridine rings is 1. The number of nitrogens with zero attached hydrogens (tertiary/aromatic N) is 1. The Balaban J connectivity index is 1.45. The Morgan fingerprint density at radius 1 is 1.10 bits per heavy atom. The lowest BCUT2D eigenvalue weighted by Gasteiger charge is -2.11. The molecule has 0 N–H and O–H groups in total. The van der Waals surface area contributed by atoms with Crippen LogP contribution >= 0.6 is 11.8 Å². The summed E-state index contributed by atoms with van der Waals surface area (Å²) in [5, 5.41) is 1.65. The molecule has 104 valence electrons. The largest absolute Gasteiger partial charge is 0.492 e. The summed E-state index contributed by atoms with van der Waals surface area (Å²) in [5.74, 6) is 0.901. The third-order valence-electron chi connectivity index (χ3n) is 3.73. The van der Waals surface area contributed by atoms with E-state index in [2.05, 4.69) is 41.4 Å². The van der Waals surface area contributed by atoms with E-state index in [1.54, 1.807) is 0 Å².